The molecule has 0 saturated carbocycles. The van der Waals surface area contributed by atoms with Crippen molar-refractivity contribution < 1.29 is 13.2 Å². The molecule has 0 spiro atoms. The molecular formula is C10H22N2O3S. The van der Waals surface area contributed by atoms with Gasteiger partial charge in [0.1, 0.15) is 0 Å². The number of hydrogen-bond acceptors (Lipinski definition) is 4. The first-order chi connectivity index (χ1) is 7.51. The molecule has 1 fully saturated rings. The Balaban J connectivity index is 2.13. The number of rotatable bonds is 6. The van der Waals surface area contributed by atoms with Crippen LogP contribution in [0.15, 0.2) is 0 Å². The van der Waals surface area contributed by atoms with Gasteiger partial charge in [-0.05, 0) is 19.3 Å². The summed E-state index contributed by atoms with van der Waals surface area (Å²) in [6.07, 6.45) is 4.60. The Labute approximate surface area is 98.0 Å². The molecule has 1 aliphatic heterocycles. The van der Waals surface area contributed by atoms with Crippen LogP contribution in [0.4, 0.5) is 0 Å². The third-order valence-electron chi connectivity index (χ3n) is 2.74. The highest BCUT2D eigenvalue weighted by atomic mass is 32.2. The lowest BCUT2D eigenvalue weighted by molar-refractivity contribution is 0.000163. The highest BCUT2D eigenvalue weighted by molar-refractivity contribution is 7.88. The monoisotopic (exact) mass is 250 g/mol. The first kappa shape index (κ1) is 13.9. The van der Waals surface area contributed by atoms with E-state index in [0.717, 1.165) is 25.9 Å². The average molecular weight is 250 g/mol. The number of hydrogen-bond donors (Lipinski definition) is 2. The SMILES string of the molecule is CCC1CC(NCCNS(C)(=O)=O)CCO1. The van der Waals surface area contributed by atoms with Gasteiger partial charge in [0.15, 0.2) is 0 Å². The van der Waals surface area contributed by atoms with Gasteiger partial charge in [-0.25, -0.2) is 13.1 Å². The molecule has 0 aromatic heterocycles. The van der Waals surface area contributed by atoms with E-state index in [1.807, 2.05) is 0 Å². The molecule has 0 bridgehead atoms. The molecule has 1 aliphatic rings. The van der Waals surface area contributed by atoms with Gasteiger partial charge in [0, 0.05) is 25.7 Å². The Morgan fingerprint density at radius 1 is 1.38 bits per heavy atom. The molecule has 1 rings (SSSR count). The van der Waals surface area contributed by atoms with Gasteiger partial charge >= 0.3 is 0 Å². The standard InChI is InChI=1S/C10H22N2O3S/c1-3-10-8-9(4-7-15-10)11-5-6-12-16(2,13)14/h9-12H,3-8H2,1-2H3. The molecule has 2 unspecified atom stereocenters. The van der Waals surface area contributed by atoms with E-state index in [1.165, 1.54) is 6.26 Å². The number of nitrogens with one attached hydrogen (secondary N) is 2. The molecule has 96 valence electrons. The first-order valence-corrected chi connectivity index (χ1v) is 7.70. The van der Waals surface area contributed by atoms with Crippen molar-refractivity contribution in [1.82, 2.24) is 10.0 Å². The second-order valence-electron chi connectivity index (χ2n) is 4.24. The average Bonchev–Trinajstić information content (AvgIpc) is 2.23. The minimum Gasteiger partial charge on any atom is -0.378 e. The van der Waals surface area contributed by atoms with E-state index in [1.54, 1.807) is 0 Å². The predicted octanol–water partition coefficient (Wildman–Crippen LogP) is 0.0828. The van der Waals surface area contributed by atoms with Crippen molar-refractivity contribution in [3.63, 3.8) is 0 Å². The lowest BCUT2D eigenvalue weighted by atomic mass is 10.0. The van der Waals surface area contributed by atoms with Crippen molar-refractivity contribution in [2.75, 3.05) is 26.0 Å². The predicted molar refractivity (Wildman–Crippen MR) is 63.9 cm³/mol. The van der Waals surface area contributed by atoms with E-state index < -0.39 is 10.0 Å². The van der Waals surface area contributed by atoms with Gasteiger partial charge in [-0.2, -0.15) is 0 Å². The van der Waals surface area contributed by atoms with Crippen LogP contribution in [0.25, 0.3) is 0 Å². The van der Waals surface area contributed by atoms with Gasteiger partial charge in [-0.15, -0.1) is 0 Å². The Bertz CT molecular complexity index is 292. The summed E-state index contributed by atoms with van der Waals surface area (Å²) >= 11 is 0. The van der Waals surface area contributed by atoms with Gasteiger partial charge in [0.2, 0.25) is 10.0 Å². The van der Waals surface area contributed by atoms with Crippen LogP contribution in [0.1, 0.15) is 26.2 Å². The minimum absolute atomic E-state index is 0.356. The maximum Gasteiger partial charge on any atom is 0.208 e. The number of ether oxygens (including phenoxy) is 1. The van der Waals surface area contributed by atoms with Crippen LogP contribution in [-0.2, 0) is 14.8 Å². The van der Waals surface area contributed by atoms with Crippen molar-refractivity contribution in [2.24, 2.45) is 0 Å². The molecule has 16 heavy (non-hydrogen) atoms. The third kappa shape index (κ3) is 5.79. The van der Waals surface area contributed by atoms with Crippen LogP contribution >= 0.6 is 0 Å². The van der Waals surface area contributed by atoms with E-state index in [0.29, 0.717) is 25.2 Å². The zero-order valence-corrected chi connectivity index (χ0v) is 10.8. The summed E-state index contributed by atoms with van der Waals surface area (Å²) in [6, 6.07) is 0.458. The lowest BCUT2D eigenvalue weighted by Gasteiger charge is -2.29. The molecular weight excluding hydrogens is 228 g/mol. The summed E-state index contributed by atoms with van der Waals surface area (Å²) in [6.45, 7) is 4.05. The Hall–Kier alpha value is -0.170. The molecule has 0 aromatic rings. The molecule has 2 N–H and O–H groups in total. The summed E-state index contributed by atoms with van der Waals surface area (Å²) in [5.41, 5.74) is 0. The summed E-state index contributed by atoms with van der Waals surface area (Å²) in [5.74, 6) is 0. The molecule has 2 atom stereocenters. The van der Waals surface area contributed by atoms with Crippen molar-refractivity contribution in [3.05, 3.63) is 0 Å². The maximum atomic E-state index is 10.8. The normalized spacial score (nSPS) is 26.9. The van der Waals surface area contributed by atoms with E-state index in [-0.39, 0.29) is 0 Å². The summed E-state index contributed by atoms with van der Waals surface area (Å²) in [4.78, 5) is 0. The second kappa shape index (κ2) is 6.54. The van der Waals surface area contributed by atoms with Crippen LogP contribution in [0.2, 0.25) is 0 Å². The molecule has 5 nitrogen and oxygen atoms in total. The van der Waals surface area contributed by atoms with Crippen molar-refractivity contribution in [3.8, 4) is 0 Å². The lowest BCUT2D eigenvalue weighted by Crippen LogP contribution is -2.42. The van der Waals surface area contributed by atoms with Gasteiger partial charge in [-0.1, -0.05) is 6.92 Å². The maximum absolute atomic E-state index is 10.8. The van der Waals surface area contributed by atoms with Crippen LogP contribution in [0, 0.1) is 0 Å². The van der Waals surface area contributed by atoms with Gasteiger partial charge in [0.25, 0.3) is 0 Å². The van der Waals surface area contributed by atoms with Crippen molar-refractivity contribution in [2.45, 2.75) is 38.3 Å². The van der Waals surface area contributed by atoms with E-state index >= 15 is 0 Å². The molecule has 6 heteroatoms. The molecule has 0 aliphatic carbocycles. The second-order valence-corrected chi connectivity index (χ2v) is 6.08. The fraction of sp³-hybridized carbons (Fsp3) is 1.00. The topological polar surface area (TPSA) is 67.4 Å². The Kier molecular flexibility index (Phi) is 5.68. The van der Waals surface area contributed by atoms with Crippen molar-refractivity contribution >= 4 is 10.0 Å². The Morgan fingerprint density at radius 3 is 2.75 bits per heavy atom. The smallest absolute Gasteiger partial charge is 0.208 e. The third-order valence-corrected chi connectivity index (χ3v) is 3.47. The minimum atomic E-state index is -3.06. The molecule has 0 aromatic carbocycles. The fourth-order valence-electron chi connectivity index (χ4n) is 1.86. The largest absolute Gasteiger partial charge is 0.378 e. The summed E-state index contributed by atoms with van der Waals surface area (Å²) < 4.78 is 29.7. The zero-order chi connectivity index (χ0) is 12.0. The fourth-order valence-corrected chi connectivity index (χ4v) is 2.34. The van der Waals surface area contributed by atoms with E-state index in [2.05, 4.69) is 17.0 Å². The van der Waals surface area contributed by atoms with Gasteiger partial charge < -0.3 is 10.1 Å². The number of sulfonamides is 1. The highest BCUT2D eigenvalue weighted by Crippen LogP contribution is 2.15. The van der Waals surface area contributed by atoms with E-state index in [9.17, 15) is 8.42 Å². The highest BCUT2D eigenvalue weighted by Gasteiger charge is 2.20. The Morgan fingerprint density at radius 2 is 2.12 bits per heavy atom. The van der Waals surface area contributed by atoms with Crippen LogP contribution in [0.5, 0.6) is 0 Å². The first-order valence-electron chi connectivity index (χ1n) is 5.81. The van der Waals surface area contributed by atoms with Crippen LogP contribution < -0.4 is 10.0 Å². The van der Waals surface area contributed by atoms with Gasteiger partial charge in [0.05, 0.1) is 12.4 Å². The van der Waals surface area contributed by atoms with Crippen LogP contribution in [0.3, 0.4) is 0 Å². The summed E-state index contributed by atoms with van der Waals surface area (Å²) in [5, 5.41) is 3.35. The molecule has 0 amide bonds. The quantitative estimate of drug-likeness (QED) is 0.655. The van der Waals surface area contributed by atoms with Crippen LogP contribution in [-0.4, -0.2) is 46.5 Å². The zero-order valence-electron chi connectivity index (χ0n) is 10.0. The molecule has 0 radical (unpaired) electrons. The van der Waals surface area contributed by atoms with E-state index in [4.69, 9.17) is 4.74 Å². The molecule has 1 heterocycles. The molecule has 1 saturated heterocycles. The van der Waals surface area contributed by atoms with Crippen molar-refractivity contribution in [1.29, 1.82) is 0 Å². The summed E-state index contributed by atoms with van der Waals surface area (Å²) in [7, 11) is -3.06. The van der Waals surface area contributed by atoms with Gasteiger partial charge in [-0.3, -0.25) is 0 Å².